The second-order valence-corrected chi connectivity index (χ2v) is 10.2. The van der Waals surface area contributed by atoms with E-state index in [9.17, 15) is 9.59 Å². The highest BCUT2D eigenvalue weighted by Gasteiger charge is 2.37. The van der Waals surface area contributed by atoms with E-state index in [4.69, 9.17) is 8.83 Å². The van der Waals surface area contributed by atoms with Gasteiger partial charge in [-0.3, -0.25) is 14.5 Å². The summed E-state index contributed by atoms with van der Waals surface area (Å²) >= 11 is 0. The molecule has 2 amide bonds. The molecule has 0 aliphatic heterocycles. The minimum atomic E-state index is -1.06. The van der Waals surface area contributed by atoms with Crippen LogP contribution in [0, 0.1) is 27.7 Å². The van der Waals surface area contributed by atoms with E-state index < -0.39 is 17.5 Å². The van der Waals surface area contributed by atoms with Gasteiger partial charge < -0.3 is 14.2 Å². The van der Waals surface area contributed by atoms with Crippen molar-refractivity contribution in [3.8, 4) is 11.6 Å². The average Bonchev–Trinajstić information content (AvgIpc) is 3.54. The van der Waals surface area contributed by atoms with Crippen LogP contribution in [-0.4, -0.2) is 37.6 Å². The largest absolute Gasteiger partial charge is 0.464 e. The van der Waals surface area contributed by atoms with Crippen LogP contribution in [0.2, 0.25) is 0 Å². The Bertz CT molecular complexity index is 1420. The molecule has 0 saturated heterocycles. The molecule has 1 unspecified atom stereocenters. The van der Waals surface area contributed by atoms with Crippen LogP contribution in [0.25, 0.3) is 11.6 Å². The Morgan fingerprint density at radius 3 is 2.32 bits per heavy atom. The fourth-order valence-electron chi connectivity index (χ4n) is 3.97. The summed E-state index contributed by atoms with van der Waals surface area (Å²) in [5.74, 6) is 1.65. The Morgan fingerprint density at radius 1 is 1.00 bits per heavy atom. The first-order chi connectivity index (χ1) is 17.4. The van der Waals surface area contributed by atoms with E-state index in [1.165, 1.54) is 9.70 Å². The zero-order chi connectivity index (χ0) is 26.9. The van der Waals surface area contributed by atoms with Crippen molar-refractivity contribution in [2.24, 2.45) is 0 Å². The number of hydrogen-bond acceptors (Lipinski definition) is 7. The van der Waals surface area contributed by atoms with Gasteiger partial charge in [-0.1, -0.05) is 12.1 Å². The van der Waals surface area contributed by atoms with Gasteiger partial charge >= 0.3 is 0 Å². The van der Waals surface area contributed by atoms with E-state index in [-0.39, 0.29) is 18.3 Å². The molecule has 4 aromatic rings. The lowest BCUT2D eigenvalue weighted by Gasteiger charge is -2.33. The molecule has 0 fully saturated rings. The molecular formula is C27H32N6O4. The molecule has 1 aromatic carbocycles. The molecule has 3 heterocycles. The second kappa shape index (κ2) is 10.0. The van der Waals surface area contributed by atoms with Gasteiger partial charge in [-0.2, -0.15) is 4.80 Å². The van der Waals surface area contributed by atoms with E-state index >= 15 is 0 Å². The number of benzene rings is 1. The summed E-state index contributed by atoms with van der Waals surface area (Å²) in [6.45, 7) is 12.8. The summed E-state index contributed by atoms with van der Waals surface area (Å²) < 4.78 is 11.5. The van der Waals surface area contributed by atoms with Gasteiger partial charge in [0, 0.05) is 11.2 Å². The number of aryl methyl sites for hydroxylation is 4. The summed E-state index contributed by atoms with van der Waals surface area (Å²) in [4.78, 5) is 30.3. The van der Waals surface area contributed by atoms with Crippen LogP contribution >= 0.6 is 0 Å². The molecule has 1 atom stereocenters. The molecule has 0 aliphatic rings. The first-order valence-corrected chi connectivity index (χ1v) is 12.0. The van der Waals surface area contributed by atoms with Crippen molar-refractivity contribution in [3.05, 3.63) is 70.9 Å². The Kier molecular flexibility index (Phi) is 7.02. The molecule has 0 spiro atoms. The van der Waals surface area contributed by atoms with Crippen LogP contribution in [-0.2, 0) is 16.1 Å². The van der Waals surface area contributed by atoms with Crippen LogP contribution in [0.1, 0.15) is 55.2 Å². The SMILES string of the molecule is Cc1ccc(C)c(N(C(=O)Cn2nnc(-c3ccc(C)o3)n2)C(C(=O)NC(C)(C)C)c2ccc(C)o2)c1. The predicted octanol–water partition coefficient (Wildman–Crippen LogP) is 4.45. The van der Waals surface area contributed by atoms with Gasteiger partial charge in [0.25, 0.3) is 11.8 Å². The fraction of sp³-hybridized carbons (Fsp3) is 0.370. The smallest absolute Gasteiger partial charge is 0.251 e. The number of tetrazole rings is 1. The van der Waals surface area contributed by atoms with E-state index in [1.807, 2.05) is 59.7 Å². The van der Waals surface area contributed by atoms with Crippen molar-refractivity contribution < 1.29 is 18.4 Å². The molecule has 3 aromatic heterocycles. The third-order valence-corrected chi connectivity index (χ3v) is 5.62. The first kappa shape index (κ1) is 25.9. The number of carbonyl (C=O) groups is 2. The minimum Gasteiger partial charge on any atom is -0.464 e. The molecule has 1 N–H and O–H groups in total. The van der Waals surface area contributed by atoms with Crippen molar-refractivity contribution in [3.63, 3.8) is 0 Å². The van der Waals surface area contributed by atoms with Crippen molar-refractivity contribution in [2.45, 2.75) is 66.6 Å². The maximum Gasteiger partial charge on any atom is 0.251 e. The van der Waals surface area contributed by atoms with Gasteiger partial charge in [-0.25, -0.2) is 0 Å². The van der Waals surface area contributed by atoms with Gasteiger partial charge in [0.15, 0.2) is 11.8 Å². The number of furan rings is 2. The predicted molar refractivity (Wildman–Crippen MR) is 138 cm³/mol. The third kappa shape index (κ3) is 5.96. The van der Waals surface area contributed by atoms with Gasteiger partial charge in [-0.15, -0.1) is 10.2 Å². The average molecular weight is 505 g/mol. The van der Waals surface area contributed by atoms with E-state index in [1.54, 1.807) is 31.2 Å². The van der Waals surface area contributed by atoms with Crippen LogP contribution < -0.4 is 10.2 Å². The number of nitrogens with one attached hydrogen (secondary N) is 1. The van der Waals surface area contributed by atoms with Crippen molar-refractivity contribution >= 4 is 17.5 Å². The molecule has 0 radical (unpaired) electrons. The zero-order valence-corrected chi connectivity index (χ0v) is 22.2. The zero-order valence-electron chi connectivity index (χ0n) is 22.2. The summed E-state index contributed by atoms with van der Waals surface area (Å²) in [7, 11) is 0. The van der Waals surface area contributed by atoms with Gasteiger partial charge in [0.2, 0.25) is 5.82 Å². The molecule has 37 heavy (non-hydrogen) atoms. The molecule has 0 saturated carbocycles. The number of anilines is 1. The molecule has 194 valence electrons. The maximum absolute atomic E-state index is 14.0. The maximum atomic E-state index is 14.0. The minimum absolute atomic E-state index is 0.251. The highest BCUT2D eigenvalue weighted by Crippen LogP contribution is 2.33. The molecule has 0 bridgehead atoms. The molecule has 0 aliphatic carbocycles. The number of amides is 2. The van der Waals surface area contributed by atoms with Gasteiger partial charge in [0.1, 0.15) is 23.8 Å². The number of rotatable bonds is 7. The van der Waals surface area contributed by atoms with Gasteiger partial charge in [0.05, 0.1) is 0 Å². The molecular weight excluding hydrogens is 472 g/mol. The summed E-state index contributed by atoms with van der Waals surface area (Å²) in [6, 6.07) is 11.7. The number of nitrogens with zero attached hydrogens (tertiary/aromatic N) is 5. The van der Waals surface area contributed by atoms with Crippen LogP contribution in [0.15, 0.2) is 51.3 Å². The fourth-order valence-corrected chi connectivity index (χ4v) is 3.97. The summed E-state index contributed by atoms with van der Waals surface area (Å²) in [6.07, 6.45) is 0. The van der Waals surface area contributed by atoms with Crippen molar-refractivity contribution in [1.29, 1.82) is 0 Å². The Balaban J connectivity index is 1.77. The lowest BCUT2D eigenvalue weighted by molar-refractivity contribution is -0.128. The molecule has 10 nitrogen and oxygen atoms in total. The lowest BCUT2D eigenvalue weighted by Crippen LogP contribution is -2.50. The van der Waals surface area contributed by atoms with Crippen molar-refractivity contribution in [1.82, 2.24) is 25.5 Å². The normalized spacial score (nSPS) is 12.4. The number of aromatic nitrogens is 4. The van der Waals surface area contributed by atoms with Crippen LogP contribution in [0.5, 0.6) is 0 Å². The summed E-state index contributed by atoms with van der Waals surface area (Å²) in [5, 5.41) is 15.4. The highest BCUT2D eigenvalue weighted by molar-refractivity contribution is 6.01. The topological polar surface area (TPSA) is 119 Å². The van der Waals surface area contributed by atoms with E-state index in [2.05, 4.69) is 20.7 Å². The van der Waals surface area contributed by atoms with E-state index in [0.29, 0.717) is 28.7 Å². The van der Waals surface area contributed by atoms with Crippen molar-refractivity contribution in [2.75, 3.05) is 4.90 Å². The third-order valence-electron chi connectivity index (χ3n) is 5.62. The quantitative estimate of drug-likeness (QED) is 0.395. The highest BCUT2D eigenvalue weighted by atomic mass is 16.3. The summed E-state index contributed by atoms with van der Waals surface area (Å²) in [5.41, 5.74) is 1.83. The van der Waals surface area contributed by atoms with Crippen LogP contribution in [0.4, 0.5) is 5.69 Å². The first-order valence-electron chi connectivity index (χ1n) is 12.0. The monoisotopic (exact) mass is 504 g/mol. The Hall–Kier alpha value is -4.21. The second-order valence-electron chi connectivity index (χ2n) is 10.2. The van der Waals surface area contributed by atoms with E-state index in [0.717, 1.165) is 11.1 Å². The number of hydrogen-bond donors (Lipinski definition) is 1. The van der Waals surface area contributed by atoms with Gasteiger partial charge in [-0.05, 0) is 95.1 Å². The standard InChI is InChI=1S/C27H32N6O4/c1-16-8-9-17(2)20(14-16)33(24(21-12-10-18(3)36-21)26(35)28-27(5,6)7)23(34)15-32-30-25(29-31-32)22-13-11-19(4)37-22/h8-14,24H,15H2,1-7H3,(H,28,35). The lowest BCUT2D eigenvalue weighted by atomic mass is 10.0. The Labute approximate surface area is 215 Å². The molecule has 10 heteroatoms. The number of carbonyl (C=O) groups excluding carboxylic acids is 2. The van der Waals surface area contributed by atoms with Crippen LogP contribution in [0.3, 0.4) is 0 Å². The molecule has 4 rings (SSSR count). The Morgan fingerprint density at radius 2 is 1.70 bits per heavy atom.